The molecule has 2 aromatic rings. The lowest BCUT2D eigenvalue weighted by Crippen LogP contribution is -2.57. The summed E-state index contributed by atoms with van der Waals surface area (Å²) in [6.45, 7) is 8.01. The van der Waals surface area contributed by atoms with Crippen molar-refractivity contribution in [2.24, 2.45) is 5.41 Å². The maximum Gasteiger partial charge on any atom is 0.181 e. The molecule has 5 atom stereocenters. The molecule has 4 rings (SSSR count). The summed E-state index contributed by atoms with van der Waals surface area (Å²) in [5.74, 6) is 0. The highest BCUT2D eigenvalue weighted by molar-refractivity contribution is 5.75. The van der Waals surface area contributed by atoms with Crippen LogP contribution in [0, 0.1) is 5.41 Å². The van der Waals surface area contributed by atoms with Gasteiger partial charge in [-0.3, -0.25) is 0 Å². The van der Waals surface area contributed by atoms with Gasteiger partial charge in [0.15, 0.2) is 6.29 Å². The van der Waals surface area contributed by atoms with Crippen molar-refractivity contribution in [3.8, 4) is 0 Å². The van der Waals surface area contributed by atoms with Gasteiger partial charge in [-0.25, -0.2) is 4.98 Å². The van der Waals surface area contributed by atoms with Gasteiger partial charge in [0.25, 0.3) is 0 Å². The maximum absolute atomic E-state index is 11.1. The average molecular weight is 345 g/mol. The molecule has 0 radical (unpaired) electrons. The first-order valence-corrected chi connectivity index (χ1v) is 9.04. The number of hydrogen-bond donors (Lipinski definition) is 2. The third-order valence-corrected chi connectivity index (χ3v) is 5.19. The molecule has 25 heavy (non-hydrogen) atoms. The molecule has 2 fully saturated rings. The van der Waals surface area contributed by atoms with Crippen LogP contribution in [0.25, 0.3) is 11.0 Å². The first kappa shape index (κ1) is 17.0. The Kier molecular flexibility index (Phi) is 4.32. The molecular formula is C19H27N3O3. The minimum Gasteiger partial charge on any atom is -0.389 e. The molecular weight excluding hydrogens is 318 g/mol. The fourth-order valence-electron chi connectivity index (χ4n) is 3.78. The highest BCUT2D eigenvalue weighted by atomic mass is 16.7. The molecule has 2 saturated heterocycles. The lowest BCUT2D eigenvalue weighted by atomic mass is 9.91. The number of aromatic nitrogens is 2. The van der Waals surface area contributed by atoms with Gasteiger partial charge >= 0.3 is 0 Å². The maximum atomic E-state index is 11.1. The Morgan fingerprint density at radius 2 is 2.12 bits per heavy atom. The van der Waals surface area contributed by atoms with Crippen LogP contribution in [0.1, 0.15) is 33.2 Å². The van der Waals surface area contributed by atoms with E-state index in [9.17, 15) is 5.11 Å². The first-order chi connectivity index (χ1) is 11.9. The predicted molar refractivity (Wildman–Crippen MR) is 95.3 cm³/mol. The Bertz CT molecular complexity index is 739. The van der Waals surface area contributed by atoms with Crippen LogP contribution in [0.2, 0.25) is 0 Å². The lowest BCUT2D eigenvalue weighted by Gasteiger charge is -2.39. The van der Waals surface area contributed by atoms with Gasteiger partial charge in [-0.1, -0.05) is 32.9 Å². The Morgan fingerprint density at radius 3 is 2.92 bits per heavy atom. The number of hydrogen-bond acceptors (Lipinski definition) is 5. The van der Waals surface area contributed by atoms with E-state index in [0.29, 0.717) is 6.61 Å². The molecule has 2 bridgehead atoms. The van der Waals surface area contributed by atoms with E-state index < -0.39 is 12.4 Å². The number of fused-ring (bicyclic) bond motifs is 3. The molecule has 136 valence electrons. The van der Waals surface area contributed by atoms with Crippen LogP contribution in [0.5, 0.6) is 0 Å². The largest absolute Gasteiger partial charge is 0.389 e. The second-order valence-electron chi connectivity index (χ2n) is 8.29. The molecule has 0 aliphatic carbocycles. The molecule has 1 aromatic carbocycles. The van der Waals surface area contributed by atoms with Crippen molar-refractivity contribution >= 4 is 11.0 Å². The van der Waals surface area contributed by atoms with Crippen LogP contribution in [-0.4, -0.2) is 52.3 Å². The molecule has 2 N–H and O–H groups in total. The highest BCUT2D eigenvalue weighted by Gasteiger charge is 2.50. The van der Waals surface area contributed by atoms with Crippen LogP contribution in [-0.2, 0) is 9.47 Å². The molecule has 1 aromatic heterocycles. The van der Waals surface area contributed by atoms with Crippen LogP contribution in [0.4, 0.5) is 0 Å². The highest BCUT2D eigenvalue weighted by Crippen LogP contribution is 2.37. The summed E-state index contributed by atoms with van der Waals surface area (Å²) in [4.78, 5) is 4.45. The summed E-state index contributed by atoms with van der Waals surface area (Å²) < 4.78 is 13.9. The number of nitrogens with one attached hydrogen (secondary N) is 1. The monoisotopic (exact) mass is 345 g/mol. The van der Waals surface area contributed by atoms with Crippen molar-refractivity contribution in [3.63, 3.8) is 0 Å². The molecule has 2 aliphatic rings. The van der Waals surface area contributed by atoms with Gasteiger partial charge in [-0.2, -0.15) is 0 Å². The standard InChI is InChI=1S/C19H27N3O3/c1-19(2,3)8-9-20-15-14-10-24-18(25-14)16(17(15)23)22-11-21-12-6-4-5-7-13(12)22/h4-7,11,14-18,20,23H,8-10H2,1-3H3/t14-,15-,16-,17+,18-/m1/s1. The van der Waals surface area contributed by atoms with Gasteiger partial charge in [-0.15, -0.1) is 0 Å². The molecule has 0 unspecified atom stereocenters. The third-order valence-electron chi connectivity index (χ3n) is 5.19. The van der Waals surface area contributed by atoms with Crippen molar-refractivity contribution < 1.29 is 14.6 Å². The Labute approximate surface area is 148 Å². The summed E-state index contributed by atoms with van der Waals surface area (Å²) in [6.07, 6.45) is 1.68. The molecule has 6 nitrogen and oxygen atoms in total. The second-order valence-corrected chi connectivity index (χ2v) is 8.29. The fraction of sp³-hybridized carbons (Fsp3) is 0.632. The number of imidazole rings is 1. The average Bonchev–Trinajstić information content (AvgIpc) is 3.16. The summed E-state index contributed by atoms with van der Waals surface area (Å²) in [5.41, 5.74) is 2.15. The SMILES string of the molecule is CC(C)(C)CCN[C@H]1[C@H](O)[C@@H](n2cnc3ccccc32)[C@@H]2OC[C@H]1O2. The van der Waals surface area contributed by atoms with Gasteiger partial charge in [0.05, 0.1) is 36.1 Å². The normalized spacial score (nSPS) is 32.4. The zero-order valence-electron chi connectivity index (χ0n) is 15.1. The van der Waals surface area contributed by atoms with Crippen molar-refractivity contribution in [1.29, 1.82) is 0 Å². The lowest BCUT2D eigenvalue weighted by molar-refractivity contribution is -0.164. The number of benzene rings is 1. The Hall–Kier alpha value is -1.47. The van der Waals surface area contributed by atoms with Crippen LogP contribution < -0.4 is 5.32 Å². The van der Waals surface area contributed by atoms with Gasteiger partial charge in [-0.05, 0) is 30.5 Å². The fourth-order valence-corrected chi connectivity index (χ4v) is 3.78. The molecule has 6 heteroatoms. The Balaban J connectivity index is 1.58. The van der Waals surface area contributed by atoms with E-state index in [-0.39, 0.29) is 23.6 Å². The minimum absolute atomic E-state index is 0.106. The number of aliphatic hydroxyl groups is 1. The van der Waals surface area contributed by atoms with Crippen LogP contribution in [0.15, 0.2) is 30.6 Å². The summed E-state index contributed by atoms with van der Waals surface area (Å²) in [6, 6.07) is 7.48. The second kappa shape index (κ2) is 6.36. The number of rotatable bonds is 4. The summed E-state index contributed by atoms with van der Waals surface area (Å²) in [5, 5.41) is 14.6. The van der Waals surface area contributed by atoms with E-state index in [0.717, 1.165) is 24.0 Å². The minimum atomic E-state index is -0.594. The molecule has 3 heterocycles. The number of para-hydroxylation sites is 2. The van der Waals surface area contributed by atoms with Gasteiger partial charge in [0.1, 0.15) is 12.1 Å². The van der Waals surface area contributed by atoms with Crippen molar-refractivity contribution in [2.75, 3.05) is 13.2 Å². The van der Waals surface area contributed by atoms with Crippen LogP contribution in [0.3, 0.4) is 0 Å². The van der Waals surface area contributed by atoms with Crippen molar-refractivity contribution in [1.82, 2.24) is 14.9 Å². The van der Waals surface area contributed by atoms with E-state index in [1.165, 1.54) is 0 Å². The van der Waals surface area contributed by atoms with Crippen molar-refractivity contribution in [2.45, 2.75) is 57.8 Å². The van der Waals surface area contributed by atoms with E-state index in [1.807, 2.05) is 28.8 Å². The zero-order valence-corrected chi connectivity index (χ0v) is 15.1. The van der Waals surface area contributed by atoms with E-state index in [1.54, 1.807) is 6.33 Å². The molecule has 0 spiro atoms. The van der Waals surface area contributed by atoms with Gasteiger partial charge < -0.3 is 24.5 Å². The van der Waals surface area contributed by atoms with Crippen molar-refractivity contribution in [3.05, 3.63) is 30.6 Å². The summed E-state index contributed by atoms with van der Waals surface area (Å²) in [7, 11) is 0. The van der Waals surface area contributed by atoms with Crippen LogP contribution >= 0.6 is 0 Å². The molecule has 2 aliphatic heterocycles. The smallest absolute Gasteiger partial charge is 0.181 e. The van der Waals surface area contributed by atoms with Gasteiger partial charge in [0.2, 0.25) is 0 Å². The van der Waals surface area contributed by atoms with E-state index >= 15 is 0 Å². The van der Waals surface area contributed by atoms with E-state index in [2.05, 4.69) is 31.1 Å². The number of nitrogens with zero attached hydrogens (tertiary/aromatic N) is 2. The summed E-state index contributed by atoms with van der Waals surface area (Å²) >= 11 is 0. The molecule has 0 saturated carbocycles. The number of ether oxygens (including phenoxy) is 2. The third kappa shape index (κ3) is 3.19. The quantitative estimate of drug-likeness (QED) is 0.888. The number of aliphatic hydroxyl groups excluding tert-OH is 1. The first-order valence-electron chi connectivity index (χ1n) is 9.04. The van der Waals surface area contributed by atoms with Gasteiger partial charge in [0, 0.05) is 0 Å². The predicted octanol–water partition coefficient (Wildman–Crippen LogP) is 2.09. The topological polar surface area (TPSA) is 68.5 Å². The molecule has 0 amide bonds. The van der Waals surface area contributed by atoms with E-state index in [4.69, 9.17) is 9.47 Å². The Morgan fingerprint density at radius 1 is 1.32 bits per heavy atom. The zero-order chi connectivity index (χ0) is 17.6.